The summed E-state index contributed by atoms with van der Waals surface area (Å²) >= 11 is 6.83. The normalized spacial score (nSPS) is 23.6. The molecule has 0 spiro atoms. The molecule has 2 aliphatic heterocycles. The van der Waals surface area contributed by atoms with Crippen LogP contribution in [0, 0.1) is 11.3 Å². The summed E-state index contributed by atoms with van der Waals surface area (Å²) in [5.74, 6) is 0.466. The number of allylic oxidation sites excluding steroid dienone is 2. The summed E-state index contributed by atoms with van der Waals surface area (Å²) in [6.45, 7) is 11.6. The van der Waals surface area contributed by atoms with Crippen molar-refractivity contribution in [1.29, 1.82) is 0 Å². The summed E-state index contributed by atoms with van der Waals surface area (Å²) < 4.78 is 0. The summed E-state index contributed by atoms with van der Waals surface area (Å²) in [5.41, 5.74) is 1.17. The van der Waals surface area contributed by atoms with Gasteiger partial charge in [0.2, 0.25) is 0 Å². The number of rotatable bonds is 11. The van der Waals surface area contributed by atoms with E-state index in [-0.39, 0.29) is 12.0 Å². The Balaban J connectivity index is 2.05. The Hall–Kier alpha value is -0.620. The molecule has 0 aromatic carbocycles. The van der Waals surface area contributed by atoms with E-state index in [1.807, 2.05) is 0 Å². The number of nitrogens with one attached hydrogen (secondary N) is 1. The number of aliphatic hydroxyl groups excluding tert-OH is 1. The number of likely N-dealkylation sites (tertiary alicyclic amines) is 1. The van der Waals surface area contributed by atoms with E-state index in [4.69, 9.17) is 16.4 Å². The molecule has 2 atom stereocenters. The molecule has 2 unspecified atom stereocenters. The van der Waals surface area contributed by atoms with Gasteiger partial charge in [-0.3, -0.25) is 0 Å². The number of oxime groups is 1. The lowest BCUT2D eigenvalue weighted by Crippen LogP contribution is -2.43. The van der Waals surface area contributed by atoms with Crippen LogP contribution in [-0.2, 0) is 4.84 Å². The van der Waals surface area contributed by atoms with Crippen molar-refractivity contribution in [3.05, 3.63) is 11.6 Å². The van der Waals surface area contributed by atoms with Gasteiger partial charge in [-0.1, -0.05) is 62.0 Å². The fraction of sp³-hybridized carbons (Fsp3) is 0.870. The highest BCUT2D eigenvalue weighted by Crippen LogP contribution is 2.44. The predicted molar refractivity (Wildman–Crippen MR) is 123 cm³/mol. The number of unbranched alkanes of at least 4 members (excludes halogenated alkanes) is 1. The van der Waals surface area contributed by atoms with Crippen LogP contribution >= 0.6 is 11.6 Å². The van der Waals surface area contributed by atoms with Gasteiger partial charge in [-0.15, -0.1) is 0 Å². The molecule has 2 N–H and O–H groups in total. The van der Waals surface area contributed by atoms with Crippen LogP contribution < -0.4 is 5.32 Å². The maximum Gasteiger partial charge on any atom is 0.155 e. The third-order valence-electron chi connectivity index (χ3n) is 6.53. The first-order valence-electron chi connectivity index (χ1n) is 11.7. The smallest absolute Gasteiger partial charge is 0.155 e. The van der Waals surface area contributed by atoms with Gasteiger partial charge in [-0.25, -0.2) is 0 Å². The maximum absolute atomic E-state index is 10.3. The highest BCUT2D eigenvalue weighted by molar-refractivity contribution is 6.66. The first-order chi connectivity index (χ1) is 14.0. The molecule has 0 saturated carbocycles. The van der Waals surface area contributed by atoms with E-state index in [0.29, 0.717) is 17.6 Å². The van der Waals surface area contributed by atoms with E-state index in [0.717, 1.165) is 58.3 Å². The highest BCUT2D eigenvalue weighted by Gasteiger charge is 2.42. The molecule has 168 valence electrons. The molecule has 29 heavy (non-hydrogen) atoms. The van der Waals surface area contributed by atoms with Crippen LogP contribution in [0.5, 0.6) is 0 Å². The van der Waals surface area contributed by atoms with Gasteiger partial charge in [-0.05, 0) is 70.6 Å². The zero-order valence-corrected chi connectivity index (χ0v) is 19.5. The molecule has 2 aliphatic rings. The second-order valence-electron chi connectivity index (χ2n) is 8.78. The van der Waals surface area contributed by atoms with E-state index >= 15 is 0 Å². The van der Waals surface area contributed by atoms with Crippen molar-refractivity contribution in [2.75, 3.05) is 39.3 Å². The van der Waals surface area contributed by atoms with Crippen LogP contribution in [0.25, 0.3) is 0 Å². The third-order valence-corrected chi connectivity index (χ3v) is 6.96. The molecular formula is C23H42ClN3O2. The topological polar surface area (TPSA) is 57.1 Å². The molecular weight excluding hydrogens is 386 g/mol. The van der Waals surface area contributed by atoms with Crippen molar-refractivity contribution in [3.8, 4) is 0 Å². The molecule has 0 aromatic heterocycles. The molecule has 0 aliphatic carbocycles. The molecule has 2 rings (SSSR count). The minimum Gasteiger partial charge on any atom is -0.392 e. The Bertz CT molecular complexity index is 526. The van der Waals surface area contributed by atoms with Gasteiger partial charge >= 0.3 is 0 Å². The van der Waals surface area contributed by atoms with Crippen molar-refractivity contribution in [3.63, 3.8) is 0 Å². The van der Waals surface area contributed by atoms with Crippen molar-refractivity contribution in [1.82, 2.24) is 10.2 Å². The highest BCUT2D eigenvalue weighted by atomic mass is 35.5. The average Bonchev–Trinajstić information content (AvgIpc) is 2.75. The van der Waals surface area contributed by atoms with Crippen molar-refractivity contribution in [2.45, 2.75) is 78.2 Å². The Labute approximate surface area is 182 Å². The summed E-state index contributed by atoms with van der Waals surface area (Å²) in [6.07, 6.45) is 10.7. The quantitative estimate of drug-likeness (QED) is 0.288. The SMILES string of the molecule is CCC/C=C(\C(C)CC)C1(/C(Cl)=N/OCC(O)CN2CCCCC2)CCNCC1. The van der Waals surface area contributed by atoms with Gasteiger partial charge in [0.05, 0.1) is 5.41 Å². The van der Waals surface area contributed by atoms with Gasteiger partial charge in [0.1, 0.15) is 12.7 Å². The second kappa shape index (κ2) is 12.9. The minimum atomic E-state index is -0.532. The maximum atomic E-state index is 10.3. The summed E-state index contributed by atoms with van der Waals surface area (Å²) in [5, 5.41) is 18.7. The van der Waals surface area contributed by atoms with Crippen LogP contribution in [0.15, 0.2) is 16.8 Å². The number of hydrogen-bond acceptors (Lipinski definition) is 5. The number of β-amino-alcohol motifs (C(OH)–C–C–N with tert-alkyl or cyclic N) is 1. The van der Waals surface area contributed by atoms with Gasteiger partial charge in [0, 0.05) is 6.54 Å². The molecule has 2 fully saturated rings. The molecule has 2 saturated heterocycles. The van der Waals surface area contributed by atoms with Gasteiger partial charge in [0.25, 0.3) is 0 Å². The molecule has 0 amide bonds. The summed E-state index contributed by atoms with van der Waals surface area (Å²) in [6, 6.07) is 0. The van der Waals surface area contributed by atoms with E-state index in [2.05, 4.69) is 42.2 Å². The molecule has 0 bridgehead atoms. The number of aliphatic hydroxyl groups is 1. The Morgan fingerprint density at radius 1 is 1.24 bits per heavy atom. The largest absolute Gasteiger partial charge is 0.392 e. The van der Waals surface area contributed by atoms with E-state index < -0.39 is 6.10 Å². The molecule has 6 heteroatoms. The molecule has 5 nitrogen and oxygen atoms in total. The monoisotopic (exact) mass is 427 g/mol. The number of hydrogen-bond donors (Lipinski definition) is 2. The van der Waals surface area contributed by atoms with Crippen LogP contribution in [0.4, 0.5) is 0 Å². The Morgan fingerprint density at radius 2 is 1.93 bits per heavy atom. The molecule has 0 aromatic rings. The number of piperidine rings is 2. The van der Waals surface area contributed by atoms with Crippen molar-refractivity contribution in [2.24, 2.45) is 16.5 Å². The van der Waals surface area contributed by atoms with Gasteiger partial charge < -0.3 is 20.2 Å². The van der Waals surface area contributed by atoms with E-state index in [9.17, 15) is 5.11 Å². The third kappa shape index (κ3) is 7.23. The van der Waals surface area contributed by atoms with E-state index in [1.54, 1.807) is 0 Å². The minimum absolute atomic E-state index is 0.193. The lowest BCUT2D eigenvalue weighted by Gasteiger charge is -2.41. The summed E-state index contributed by atoms with van der Waals surface area (Å²) in [4.78, 5) is 7.89. The fourth-order valence-electron chi connectivity index (χ4n) is 4.62. The van der Waals surface area contributed by atoms with Gasteiger partial charge in [-0.2, -0.15) is 0 Å². The number of halogens is 1. The van der Waals surface area contributed by atoms with E-state index in [1.165, 1.54) is 24.8 Å². The van der Waals surface area contributed by atoms with Crippen molar-refractivity contribution >= 4 is 16.8 Å². The van der Waals surface area contributed by atoms with Crippen LogP contribution in [0.1, 0.15) is 72.1 Å². The lowest BCUT2D eigenvalue weighted by atomic mass is 9.68. The first-order valence-corrected chi connectivity index (χ1v) is 12.1. The van der Waals surface area contributed by atoms with Crippen LogP contribution in [0.2, 0.25) is 0 Å². The zero-order valence-electron chi connectivity index (χ0n) is 18.8. The predicted octanol–water partition coefficient (Wildman–Crippen LogP) is 4.54. The average molecular weight is 428 g/mol. The summed E-state index contributed by atoms with van der Waals surface area (Å²) in [7, 11) is 0. The van der Waals surface area contributed by atoms with Gasteiger partial charge in [0.15, 0.2) is 5.17 Å². The standard InChI is InChI=1S/C23H42ClN3O2/c1-4-6-10-21(19(3)5-2)23(11-13-25-14-12-23)22(24)26-29-18-20(28)17-27-15-8-7-9-16-27/h10,19-20,25,28H,4-9,11-18H2,1-3H3/b21-10+,26-22-. The van der Waals surface area contributed by atoms with Crippen molar-refractivity contribution < 1.29 is 9.94 Å². The molecule has 0 radical (unpaired) electrons. The van der Waals surface area contributed by atoms with Crippen LogP contribution in [-0.4, -0.2) is 60.6 Å². The van der Waals surface area contributed by atoms with Crippen LogP contribution in [0.3, 0.4) is 0 Å². The Kier molecular flexibility index (Phi) is 11.0. The number of nitrogens with zero attached hydrogens (tertiary/aromatic N) is 2. The molecule has 2 heterocycles. The Morgan fingerprint density at radius 3 is 2.55 bits per heavy atom. The zero-order chi connectivity index (χ0) is 21.1. The second-order valence-corrected chi connectivity index (χ2v) is 9.14. The first kappa shape index (κ1) is 24.6. The fourth-order valence-corrected chi connectivity index (χ4v) is 4.96. The lowest BCUT2D eigenvalue weighted by molar-refractivity contribution is 0.0151.